The van der Waals surface area contributed by atoms with Crippen molar-refractivity contribution in [1.29, 1.82) is 0 Å². The molecule has 27 heavy (non-hydrogen) atoms. The Kier molecular flexibility index (Phi) is 4.39. The van der Waals surface area contributed by atoms with Crippen LogP contribution in [0.2, 0.25) is 5.02 Å². The maximum Gasteiger partial charge on any atom is 0.411 e. The summed E-state index contributed by atoms with van der Waals surface area (Å²) in [6.07, 6.45) is 2.51. The lowest BCUT2D eigenvalue weighted by Crippen LogP contribution is -2.43. The van der Waals surface area contributed by atoms with E-state index in [0.29, 0.717) is 11.6 Å². The Morgan fingerprint density at radius 1 is 1.19 bits per heavy atom. The Balaban J connectivity index is 1.84. The number of aromatic nitrogens is 1. The molecule has 3 aromatic rings. The Morgan fingerprint density at radius 3 is 2.74 bits per heavy atom. The predicted octanol–water partition coefficient (Wildman–Crippen LogP) is 5.70. The van der Waals surface area contributed by atoms with Crippen LogP contribution < -0.4 is 0 Å². The zero-order chi connectivity index (χ0) is 19.2. The second-order valence-electron chi connectivity index (χ2n) is 7.96. The lowest BCUT2D eigenvalue weighted by molar-refractivity contribution is 0.0179. The second kappa shape index (κ2) is 6.61. The number of nitrogens with zero attached hydrogens (tertiary/aromatic N) is 1. The quantitative estimate of drug-likeness (QED) is 0.586. The highest BCUT2D eigenvalue weighted by atomic mass is 35.5. The molecule has 0 spiro atoms. The van der Waals surface area contributed by atoms with E-state index in [2.05, 4.69) is 17.1 Å². The summed E-state index contributed by atoms with van der Waals surface area (Å²) in [7, 11) is 0. The van der Waals surface area contributed by atoms with Gasteiger partial charge >= 0.3 is 6.09 Å². The molecule has 140 valence electrons. The molecule has 2 heterocycles. The van der Waals surface area contributed by atoms with Crippen molar-refractivity contribution >= 4 is 28.6 Å². The number of aromatic amines is 1. The first kappa shape index (κ1) is 17.9. The molecule has 1 N–H and O–H groups in total. The van der Waals surface area contributed by atoms with Gasteiger partial charge in [0.05, 0.1) is 6.04 Å². The average Bonchev–Trinajstić information content (AvgIpc) is 3.01. The Morgan fingerprint density at radius 2 is 1.96 bits per heavy atom. The zero-order valence-electron chi connectivity index (χ0n) is 15.8. The van der Waals surface area contributed by atoms with Crippen LogP contribution in [0.1, 0.15) is 43.5 Å². The van der Waals surface area contributed by atoms with Gasteiger partial charge < -0.3 is 9.72 Å². The number of carbonyl (C=O) groups excluding carboxylic acids is 1. The smallest absolute Gasteiger partial charge is 0.411 e. The fourth-order valence-corrected chi connectivity index (χ4v) is 3.94. The van der Waals surface area contributed by atoms with Crippen molar-refractivity contribution < 1.29 is 9.53 Å². The molecule has 4 nitrogen and oxygen atoms in total. The van der Waals surface area contributed by atoms with Crippen molar-refractivity contribution in [2.75, 3.05) is 6.54 Å². The monoisotopic (exact) mass is 382 g/mol. The molecule has 1 unspecified atom stereocenters. The third kappa shape index (κ3) is 3.42. The molecule has 1 aliphatic rings. The molecule has 0 saturated carbocycles. The van der Waals surface area contributed by atoms with Gasteiger partial charge in [0.2, 0.25) is 0 Å². The predicted molar refractivity (Wildman–Crippen MR) is 108 cm³/mol. The van der Waals surface area contributed by atoms with Gasteiger partial charge in [-0.3, -0.25) is 4.90 Å². The summed E-state index contributed by atoms with van der Waals surface area (Å²) in [5.41, 5.74) is 3.90. The van der Waals surface area contributed by atoms with Gasteiger partial charge in [0.25, 0.3) is 0 Å². The molecular formula is C22H23ClN2O2. The normalized spacial score (nSPS) is 17.0. The lowest BCUT2D eigenvalue weighted by Gasteiger charge is -2.38. The fourth-order valence-electron chi connectivity index (χ4n) is 3.77. The molecule has 0 saturated heterocycles. The van der Waals surface area contributed by atoms with Crippen molar-refractivity contribution in [3.8, 4) is 0 Å². The highest BCUT2D eigenvalue weighted by Crippen LogP contribution is 2.39. The van der Waals surface area contributed by atoms with E-state index >= 15 is 0 Å². The number of rotatable bonds is 1. The summed E-state index contributed by atoms with van der Waals surface area (Å²) >= 11 is 6.14. The molecule has 0 aliphatic carbocycles. The SMILES string of the molecule is CC(C)(C)OC(=O)N1CCc2ccccc2C1c1c[nH]c2cc(Cl)ccc12. The molecule has 1 atom stereocenters. The molecule has 1 amide bonds. The zero-order valence-corrected chi connectivity index (χ0v) is 16.5. The largest absolute Gasteiger partial charge is 0.444 e. The van der Waals surface area contributed by atoms with E-state index in [1.807, 2.05) is 62.2 Å². The molecule has 0 radical (unpaired) electrons. The van der Waals surface area contributed by atoms with Crippen LogP contribution >= 0.6 is 11.6 Å². The second-order valence-corrected chi connectivity index (χ2v) is 8.40. The van der Waals surface area contributed by atoms with Gasteiger partial charge in [-0.1, -0.05) is 41.9 Å². The van der Waals surface area contributed by atoms with Crippen LogP contribution in [0.5, 0.6) is 0 Å². The number of carbonyl (C=O) groups is 1. The topological polar surface area (TPSA) is 45.3 Å². The van der Waals surface area contributed by atoms with Crippen LogP contribution in [-0.4, -0.2) is 28.1 Å². The van der Waals surface area contributed by atoms with Crippen molar-refractivity contribution in [3.05, 3.63) is 70.4 Å². The third-order valence-electron chi connectivity index (χ3n) is 4.88. The first-order valence-electron chi connectivity index (χ1n) is 9.17. The van der Waals surface area contributed by atoms with E-state index < -0.39 is 5.60 Å². The summed E-state index contributed by atoms with van der Waals surface area (Å²) in [6.45, 7) is 6.30. The van der Waals surface area contributed by atoms with Crippen LogP contribution in [0, 0.1) is 0 Å². The average molecular weight is 383 g/mol. The van der Waals surface area contributed by atoms with E-state index in [0.717, 1.165) is 28.5 Å². The van der Waals surface area contributed by atoms with Gasteiger partial charge in [0.15, 0.2) is 0 Å². The summed E-state index contributed by atoms with van der Waals surface area (Å²) in [5, 5.41) is 1.75. The van der Waals surface area contributed by atoms with Gasteiger partial charge in [-0.2, -0.15) is 0 Å². The molecule has 1 aromatic heterocycles. The number of halogens is 1. The maximum atomic E-state index is 13.0. The first-order valence-corrected chi connectivity index (χ1v) is 9.55. The van der Waals surface area contributed by atoms with Crippen LogP contribution in [0.25, 0.3) is 10.9 Å². The van der Waals surface area contributed by atoms with Crippen molar-refractivity contribution in [1.82, 2.24) is 9.88 Å². The van der Waals surface area contributed by atoms with Crippen LogP contribution in [0.15, 0.2) is 48.7 Å². The highest BCUT2D eigenvalue weighted by Gasteiger charge is 2.35. The number of nitrogens with one attached hydrogen (secondary N) is 1. The lowest BCUT2D eigenvalue weighted by atomic mass is 9.88. The highest BCUT2D eigenvalue weighted by molar-refractivity contribution is 6.31. The Hall–Kier alpha value is -2.46. The standard InChI is InChI=1S/C22H23ClN2O2/c1-22(2,3)27-21(26)25-11-10-14-6-4-5-7-16(14)20(25)18-13-24-19-12-15(23)8-9-17(18)19/h4-9,12-13,20,24H,10-11H2,1-3H3. The van der Waals surface area contributed by atoms with E-state index in [1.54, 1.807) is 0 Å². The van der Waals surface area contributed by atoms with Gasteiger partial charge in [-0.15, -0.1) is 0 Å². The minimum atomic E-state index is -0.535. The number of amides is 1. The number of hydrogen-bond acceptors (Lipinski definition) is 2. The molecule has 0 fully saturated rings. The Labute approximate surface area is 164 Å². The van der Waals surface area contributed by atoms with E-state index in [9.17, 15) is 4.79 Å². The fraction of sp³-hybridized carbons (Fsp3) is 0.318. The van der Waals surface area contributed by atoms with Crippen molar-refractivity contribution in [3.63, 3.8) is 0 Å². The number of H-pyrrole nitrogens is 1. The Bertz CT molecular complexity index is 1000. The molecule has 0 bridgehead atoms. The van der Waals surface area contributed by atoms with Gasteiger partial charge in [0.1, 0.15) is 5.60 Å². The van der Waals surface area contributed by atoms with Crippen LogP contribution in [0.3, 0.4) is 0 Å². The van der Waals surface area contributed by atoms with Crippen LogP contribution in [-0.2, 0) is 11.2 Å². The summed E-state index contributed by atoms with van der Waals surface area (Å²) in [5.74, 6) is 0. The minimum absolute atomic E-state index is 0.195. The third-order valence-corrected chi connectivity index (χ3v) is 5.12. The number of ether oxygens (including phenoxy) is 1. The van der Waals surface area contributed by atoms with Crippen molar-refractivity contribution in [2.45, 2.75) is 38.8 Å². The van der Waals surface area contributed by atoms with E-state index in [-0.39, 0.29) is 12.1 Å². The van der Waals surface area contributed by atoms with E-state index in [4.69, 9.17) is 16.3 Å². The summed E-state index contributed by atoms with van der Waals surface area (Å²) in [4.78, 5) is 18.1. The van der Waals surface area contributed by atoms with Gasteiger partial charge in [-0.25, -0.2) is 4.79 Å². The van der Waals surface area contributed by atoms with Gasteiger partial charge in [-0.05, 0) is 50.5 Å². The molecule has 5 heteroatoms. The molecule has 4 rings (SSSR count). The van der Waals surface area contributed by atoms with E-state index in [1.165, 1.54) is 5.56 Å². The maximum absolute atomic E-state index is 13.0. The molecular weight excluding hydrogens is 360 g/mol. The van der Waals surface area contributed by atoms with Gasteiger partial charge in [0, 0.05) is 34.2 Å². The van der Waals surface area contributed by atoms with Crippen LogP contribution in [0.4, 0.5) is 4.79 Å². The number of hydrogen-bond donors (Lipinski definition) is 1. The number of fused-ring (bicyclic) bond motifs is 2. The first-order chi connectivity index (χ1) is 12.8. The minimum Gasteiger partial charge on any atom is -0.444 e. The number of benzene rings is 2. The summed E-state index contributed by atoms with van der Waals surface area (Å²) < 4.78 is 5.71. The molecule has 2 aromatic carbocycles. The molecule has 1 aliphatic heterocycles. The van der Waals surface area contributed by atoms with Crippen molar-refractivity contribution in [2.24, 2.45) is 0 Å². The summed E-state index contributed by atoms with van der Waals surface area (Å²) in [6, 6.07) is 13.9.